The zero-order chi connectivity index (χ0) is 13.2. The Kier molecular flexibility index (Phi) is 3.52. The lowest BCUT2D eigenvalue weighted by Crippen LogP contribution is -2.42. The van der Waals surface area contributed by atoms with Crippen LogP contribution in [0, 0.1) is 17.0 Å². The summed E-state index contributed by atoms with van der Waals surface area (Å²) in [6.45, 7) is 2.31. The monoisotopic (exact) mass is 249 g/mol. The number of nitro groups is 1. The third kappa shape index (κ3) is 2.46. The molecule has 1 fully saturated rings. The summed E-state index contributed by atoms with van der Waals surface area (Å²) in [4.78, 5) is 10.6. The number of hydrogen-bond donors (Lipinski definition) is 2. The van der Waals surface area contributed by atoms with Crippen LogP contribution in [0.3, 0.4) is 0 Å². The summed E-state index contributed by atoms with van der Waals surface area (Å²) in [5, 5.41) is 14.3. The molecule has 0 amide bonds. The van der Waals surface area contributed by atoms with Crippen molar-refractivity contribution in [3.8, 4) is 0 Å². The van der Waals surface area contributed by atoms with Gasteiger partial charge >= 0.3 is 0 Å². The smallest absolute Gasteiger partial charge is 0.274 e. The van der Waals surface area contributed by atoms with Crippen LogP contribution in [0.1, 0.15) is 31.2 Å². The first-order valence-corrected chi connectivity index (χ1v) is 6.30. The number of nitrogens with zero attached hydrogens (tertiary/aromatic N) is 1. The number of aryl methyl sites for hydroxylation is 1. The molecule has 1 aromatic carbocycles. The van der Waals surface area contributed by atoms with Crippen molar-refractivity contribution in [2.24, 2.45) is 5.73 Å². The van der Waals surface area contributed by atoms with Crippen LogP contribution in [0.2, 0.25) is 0 Å². The highest BCUT2D eigenvalue weighted by Crippen LogP contribution is 2.33. The van der Waals surface area contributed by atoms with Crippen molar-refractivity contribution in [3.05, 3.63) is 33.9 Å². The van der Waals surface area contributed by atoms with Gasteiger partial charge in [-0.2, -0.15) is 0 Å². The highest BCUT2D eigenvalue weighted by atomic mass is 16.6. The van der Waals surface area contributed by atoms with E-state index in [2.05, 4.69) is 5.32 Å². The van der Waals surface area contributed by atoms with Crippen molar-refractivity contribution in [1.29, 1.82) is 0 Å². The Morgan fingerprint density at radius 2 is 2.11 bits per heavy atom. The molecule has 0 atom stereocenters. The number of hydrogen-bond acceptors (Lipinski definition) is 4. The second kappa shape index (κ2) is 4.94. The second-order valence-electron chi connectivity index (χ2n) is 5.07. The average molecular weight is 249 g/mol. The molecule has 2 rings (SSSR count). The van der Waals surface area contributed by atoms with Crippen molar-refractivity contribution in [3.63, 3.8) is 0 Å². The number of nitrogens with two attached hydrogens (primary N) is 1. The summed E-state index contributed by atoms with van der Waals surface area (Å²) in [7, 11) is 0. The molecule has 18 heavy (non-hydrogen) atoms. The van der Waals surface area contributed by atoms with Crippen molar-refractivity contribution in [1.82, 2.24) is 0 Å². The van der Waals surface area contributed by atoms with Crippen molar-refractivity contribution in [2.45, 2.75) is 38.1 Å². The van der Waals surface area contributed by atoms with E-state index >= 15 is 0 Å². The molecule has 98 valence electrons. The molecule has 0 radical (unpaired) electrons. The molecule has 0 heterocycles. The lowest BCUT2D eigenvalue weighted by atomic mass is 9.97. The quantitative estimate of drug-likeness (QED) is 0.634. The molecular weight excluding hydrogens is 230 g/mol. The van der Waals surface area contributed by atoms with Gasteiger partial charge < -0.3 is 11.1 Å². The maximum Gasteiger partial charge on any atom is 0.274 e. The Balaban J connectivity index is 2.24. The maximum atomic E-state index is 10.9. The van der Waals surface area contributed by atoms with Gasteiger partial charge in [-0.15, -0.1) is 0 Å². The number of nitro benzene ring substituents is 1. The van der Waals surface area contributed by atoms with Crippen molar-refractivity contribution in [2.75, 3.05) is 11.9 Å². The molecule has 0 spiro atoms. The molecule has 0 aliphatic heterocycles. The third-order valence-corrected chi connectivity index (χ3v) is 3.77. The predicted octanol–water partition coefficient (Wildman–Crippen LogP) is 2.59. The minimum absolute atomic E-state index is 0.0802. The molecule has 1 aliphatic rings. The van der Waals surface area contributed by atoms with E-state index < -0.39 is 0 Å². The number of benzene rings is 1. The van der Waals surface area contributed by atoms with Crippen molar-refractivity contribution >= 4 is 11.4 Å². The van der Waals surface area contributed by atoms with Gasteiger partial charge in [0.1, 0.15) is 0 Å². The predicted molar refractivity (Wildman–Crippen MR) is 71.7 cm³/mol. The first kappa shape index (κ1) is 12.8. The van der Waals surface area contributed by atoms with E-state index in [1.165, 1.54) is 0 Å². The van der Waals surface area contributed by atoms with Crippen LogP contribution >= 0.6 is 0 Å². The summed E-state index contributed by atoms with van der Waals surface area (Å²) in [5.74, 6) is 0. The van der Waals surface area contributed by atoms with Gasteiger partial charge in [-0.25, -0.2) is 0 Å². The third-order valence-electron chi connectivity index (χ3n) is 3.77. The summed E-state index contributed by atoms with van der Waals surface area (Å²) in [5.41, 5.74) is 7.40. The Hall–Kier alpha value is -1.62. The van der Waals surface area contributed by atoms with E-state index in [-0.39, 0.29) is 16.1 Å². The Morgan fingerprint density at radius 3 is 2.67 bits per heavy atom. The zero-order valence-electron chi connectivity index (χ0n) is 10.6. The van der Waals surface area contributed by atoms with E-state index in [0.717, 1.165) is 31.4 Å². The normalized spacial score (nSPS) is 17.7. The van der Waals surface area contributed by atoms with E-state index in [9.17, 15) is 10.1 Å². The van der Waals surface area contributed by atoms with Gasteiger partial charge in [-0.05, 0) is 25.8 Å². The lowest BCUT2D eigenvalue weighted by Gasteiger charge is -2.30. The summed E-state index contributed by atoms with van der Waals surface area (Å²) < 4.78 is 0. The fourth-order valence-corrected chi connectivity index (χ4v) is 2.62. The molecule has 1 aliphatic carbocycles. The molecule has 0 aromatic heterocycles. The van der Waals surface area contributed by atoms with Crippen LogP contribution in [0.15, 0.2) is 18.2 Å². The van der Waals surface area contributed by atoms with Gasteiger partial charge in [0.2, 0.25) is 0 Å². The van der Waals surface area contributed by atoms with Gasteiger partial charge in [0, 0.05) is 29.4 Å². The van der Waals surface area contributed by atoms with E-state index in [1.54, 1.807) is 19.1 Å². The van der Waals surface area contributed by atoms with Gasteiger partial charge in [-0.3, -0.25) is 10.1 Å². The van der Waals surface area contributed by atoms with Crippen LogP contribution in [-0.2, 0) is 0 Å². The molecule has 1 saturated carbocycles. The van der Waals surface area contributed by atoms with Crippen LogP contribution in [0.4, 0.5) is 11.4 Å². The highest BCUT2D eigenvalue weighted by Gasteiger charge is 2.32. The van der Waals surface area contributed by atoms with Crippen LogP contribution in [0.5, 0.6) is 0 Å². The molecule has 0 saturated heterocycles. The number of rotatable bonds is 4. The Morgan fingerprint density at radius 1 is 1.44 bits per heavy atom. The highest BCUT2D eigenvalue weighted by molar-refractivity contribution is 5.56. The molecule has 0 bridgehead atoms. The minimum Gasteiger partial charge on any atom is -0.378 e. The standard InChI is InChI=1S/C13H19N3O2/c1-10-4-5-11(8-12(10)16(17)18)15-13(9-14)6-2-3-7-13/h4-5,8,15H,2-3,6-7,9,14H2,1H3. The summed E-state index contributed by atoms with van der Waals surface area (Å²) >= 11 is 0. The van der Waals surface area contributed by atoms with Crippen molar-refractivity contribution < 1.29 is 4.92 Å². The van der Waals surface area contributed by atoms with Gasteiger partial charge in [0.15, 0.2) is 0 Å². The Labute approximate surface area is 107 Å². The molecular formula is C13H19N3O2. The largest absolute Gasteiger partial charge is 0.378 e. The fraction of sp³-hybridized carbons (Fsp3) is 0.538. The van der Waals surface area contributed by atoms with E-state index in [1.807, 2.05) is 6.07 Å². The first-order chi connectivity index (χ1) is 8.56. The van der Waals surface area contributed by atoms with Crippen LogP contribution < -0.4 is 11.1 Å². The summed E-state index contributed by atoms with van der Waals surface area (Å²) in [6, 6.07) is 5.27. The van der Waals surface area contributed by atoms with Gasteiger partial charge in [-0.1, -0.05) is 18.9 Å². The summed E-state index contributed by atoms with van der Waals surface area (Å²) in [6.07, 6.45) is 4.40. The average Bonchev–Trinajstić information content (AvgIpc) is 2.80. The fourth-order valence-electron chi connectivity index (χ4n) is 2.62. The number of anilines is 1. The van der Waals surface area contributed by atoms with Gasteiger partial charge in [0.25, 0.3) is 5.69 Å². The van der Waals surface area contributed by atoms with E-state index in [4.69, 9.17) is 5.73 Å². The van der Waals surface area contributed by atoms with E-state index in [0.29, 0.717) is 12.1 Å². The Bertz CT molecular complexity index is 454. The molecule has 5 nitrogen and oxygen atoms in total. The molecule has 3 N–H and O–H groups in total. The molecule has 5 heteroatoms. The van der Waals surface area contributed by atoms with Crippen LogP contribution in [0.25, 0.3) is 0 Å². The maximum absolute atomic E-state index is 10.9. The van der Waals surface area contributed by atoms with Gasteiger partial charge in [0.05, 0.1) is 4.92 Å². The molecule has 0 unspecified atom stereocenters. The first-order valence-electron chi connectivity index (χ1n) is 6.30. The molecule has 1 aromatic rings. The number of nitrogens with one attached hydrogen (secondary N) is 1. The van der Waals surface area contributed by atoms with Crippen LogP contribution in [-0.4, -0.2) is 17.0 Å². The lowest BCUT2D eigenvalue weighted by molar-refractivity contribution is -0.385. The topological polar surface area (TPSA) is 81.2 Å². The zero-order valence-corrected chi connectivity index (χ0v) is 10.6. The second-order valence-corrected chi connectivity index (χ2v) is 5.07. The SMILES string of the molecule is Cc1ccc(NC2(CN)CCCC2)cc1[N+](=O)[O-]. The minimum atomic E-state index is -0.343.